The molecule has 1 aromatic heterocycles. The number of hydrogen-bond donors (Lipinski definition) is 2. The molecule has 24 heavy (non-hydrogen) atoms. The first-order chi connectivity index (χ1) is 11.3. The Labute approximate surface area is 147 Å². The lowest BCUT2D eigenvalue weighted by Crippen LogP contribution is -2.36. The van der Waals surface area contributed by atoms with Crippen LogP contribution in [0.1, 0.15) is 47.1 Å². The van der Waals surface area contributed by atoms with Crippen molar-refractivity contribution < 1.29 is 9.59 Å². The molecule has 0 fully saturated rings. The Kier molecular flexibility index (Phi) is 5.78. The van der Waals surface area contributed by atoms with Gasteiger partial charge in [-0.05, 0) is 47.0 Å². The molecule has 2 N–H and O–H groups in total. The molecule has 4 nitrogen and oxygen atoms in total. The van der Waals surface area contributed by atoms with E-state index in [0.717, 1.165) is 4.88 Å². The average Bonchev–Trinajstić information content (AvgIpc) is 2.95. The molecule has 0 saturated carbocycles. The van der Waals surface area contributed by atoms with Gasteiger partial charge < -0.3 is 10.6 Å². The lowest BCUT2D eigenvalue weighted by Gasteiger charge is -2.19. The van der Waals surface area contributed by atoms with E-state index >= 15 is 0 Å². The van der Waals surface area contributed by atoms with Crippen LogP contribution in [-0.2, 0) is 16.8 Å². The molecule has 0 unspecified atom stereocenters. The molecule has 0 saturated heterocycles. The van der Waals surface area contributed by atoms with Crippen molar-refractivity contribution in [2.45, 2.75) is 39.7 Å². The monoisotopic (exact) mass is 344 g/mol. The van der Waals surface area contributed by atoms with E-state index in [4.69, 9.17) is 0 Å². The van der Waals surface area contributed by atoms with Crippen LogP contribution in [0.25, 0.3) is 0 Å². The predicted molar refractivity (Wildman–Crippen MR) is 98.4 cm³/mol. The topological polar surface area (TPSA) is 58.2 Å². The van der Waals surface area contributed by atoms with Crippen LogP contribution in [-0.4, -0.2) is 18.4 Å². The summed E-state index contributed by atoms with van der Waals surface area (Å²) < 4.78 is 0. The van der Waals surface area contributed by atoms with E-state index in [0.29, 0.717) is 12.1 Å². The summed E-state index contributed by atoms with van der Waals surface area (Å²) in [6, 6.07) is 9.52. The largest absolute Gasteiger partial charge is 0.350 e. The molecule has 0 aliphatic rings. The molecular formula is C19H24N2O2S. The van der Waals surface area contributed by atoms with E-state index in [1.807, 2.05) is 30.5 Å². The van der Waals surface area contributed by atoms with Crippen molar-refractivity contribution in [3.63, 3.8) is 0 Å². The van der Waals surface area contributed by atoms with Gasteiger partial charge in [-0.15, -0.1) is 11.3 Å². The molecule has 1 heterocycles. The maximum Gasteiger partial charge on any atom is 0.251 e. The molecule has 0 aliphatic carbocycles. The zero-order chi connectivity index (χ0) is 17.7. The SMILES string of the molecule is Cc1ccsc1CNC(=O)CNC(=O)c1ccc(C(C)(C)C)cc1. The zero-order valence-corrected chi connectivity index (χ0v) is 15.4. The van der Waals surface area contributed by atoms with E-state index in [1.165, 1.54) is 11.1 Å². The molecule has 1 aromatic carbocycles. The summed E-state index contributed by atoms with van der Waals surface area (Å²) in [5, 5.41) is 7.47. The fourth-order valence-electron chi connectivity index (χ4n) is 2.21. The Morgan fingerprint density at radius 3 is 2.25 bits per heavy atom. The summed E-state index contributed by atoms with van der Waals surface area (Å²) in [5.74, 6) is -0.430. The smallest absolute Gasteiger partial charge is 0.251 e. The van der Waals surface area contributed by atoms with Gasteiger partial charge in [-0.25, -0.2) is 0 Å². The van der Waals surface area contributed by atoms with Crippen molar-refractivity contribution in [2.75, 3.05) is 6.54 Å². The van der Waals surface area contributed by atoms with E-state index in [1.54, 1.807) is 23.5 Å². The Morgan fingerprint density at radius 2 is 1.71 bits per heavy atom. The van der Waals surface area contributed by atoms with Gasteiger partial charge in [0.15, 0.2) is 0 Å². The second-order valence-corrected chi connectivity index (χ2v) is 7.81. The Bertz CT molecular complexity index is 712. The molecule has 5 heteroatoms. The van der Waals surface area contributed by atoms with Crippen LogP contribution < -0.4 is 10.6 Å². The maximum atomic E-state index is 12.1. The third-order valence-electron chi connectivity index (χ3n) is 3.84. The summed E-state index contributed by atoms with van der Waals surface area (Å²) in [4.78, 5) is 25.1. The molecule has 0 spiro atoms. The van der Waals surface area contributed by atoms with E-state index in [2.05, 4.69) is 31.4 Å². The molecule has 128 valence electrons. The molecule has 0 bridgehead atoms. The number of hydrogen-bond acceptors (Lipinski definition) is 3. The fourth-order valence-corrected chi connectivity index (χ4v) is 3.06. The van der Waals surface area contributed by atoms with Gasteiger partial charge in [0.05, 0.1) is 13.1 Å². The van der Waals surface area contributed by atoms with E-state index < -0.39 is 0 Å². The van der Waals surface area contributed by atoms with Crippen LogP contribution in [0.2, 0.25) is 0 Å². The lowest BCUT2D eigenvalue weighted by atomic mass is 9.87. The van der Waals surface area contributed by atoms with Crippen LogP contribution in [0.3, 0.4) is 0 Å². The van der Waals surface area contributed by atoms with Gasteiger partial charge in [0, 0.05) is 10.4 Å². The highest BCUT2D eigenvalue weighted by Gasteiger charge is 2.14. The van der Waals surface area contributed by atoms with Crippen LogP contribution in [0, 0.1) is 6.92 Å². The zero-order valence-electron chi connectivity index (χ0n) is 14.6. The normalized spacial score (nSPS) is 11.2. The van der Waals surface area contributed by atoms with Gasteiger partial charge in [-0.3, -0.25) is 9.59 Å². The second kappa shape index (κ2) is 7.62. The van der Waals surface area contributed by atoms with Gasteiger partial charge >= 0.3 is 0 Å². The first kappa shape index (κ1) is 18.2. The standard InChI is InChI=1S/C19H24N2O2S/c1-13-9-10-24-16(13)11-20-17(22)12-21-18(23)14-5-7-15(8-6-14)19(2,3)4/h5-10H,11-12H2,1-4H3,(H,20,22)(H,21,23). The Hall–Kier alpha value is -2.14. The number of thiophene rings is 1. The predicted octanol–water partition coefficient (Wildman–Crippen LogP) is 3.40. The number of carbonyl (C=O) groups excluding carboxylic acids is 2. The van der Waals surface area contributed by atoms with Crippen LogP contribution in [0.15, 0.2) is 35.7 Å². The number of nitrogens with one attached hydrogen (secondary N) is 2. The molecule has 2 amide bonds. The van der Waals surface area contributed by atoms with E-state index in [9.17, 15) is 9.59 Å². The highest BCUT2D eigenvalue weighted by atomic mass is 32.1. The average molecular weight is 344 g/mol. The van der Waals surface area contributed by atoms with Gasteiger partial charge in [0.1, 0.15) is 0 Å². The van der Waals surface area contributed by atoms with Crippen molar-refractivity contribution in [1.29, 1.82) is 0 Å². The third kappa shape index (κ3) is 4.93. The lowest BCUT2D eigenvalue weighted by molar-refractivity contribution is -0.120. The van der Waals surface area contributed by atoms with Crippen LogP contribution >= 0.6 is 11.3 Å². The Balaban J connectivity index is 1.82. The summed E-state index contributed by atoms with van der Waals surface area (Å²) in [6.45, 7) is 8.87. The molecular weight excluding hydrogens is 320 g/mol. The minimum atomic E-state index is -0.238. The van der Waals surface area contributed by atoms with Gasteiger partial charge in [-0.2, -0.15) is 0 Å². The number of carbonyl (C=O) groups is 2. The van der Waals surface area contributed by atoms with Gasteiger partial charge in [-0.1, -0.05) is 32.9 Å². The highest BCUT2D eigenvalue weighted by molar-refractivity contribution is 7.10. The minimum absolute atomic E-state index is 0.0235. The number of aryl methyl sites for hydroxylation is 1. The van der Waals surface area contributed by atoms with Crippen LogP contribution in [0.5, 0.6) is 0 Å². The van der Waals surface area contributed by atoms with Crippen molar-refractivity contribution in [3.05, 3.63) is 57.3 Å². The minimum Gasteiger partial charge on any atom is -0.350 e. The number of benzene rings is 1. The van der Waals surface area contributed by atoms with Crippen LogP contribution in [0.4, 0.5) is 0 Å². The third-order valence-corrected chi connectivity index (χ3v) is 4.86. The second-order valence-electron chi connectivity index (χ2n) is 6.81. The molecule has 2 aromatic rings. The van der Waals surface area contributed by atoms with Crippen molar-refractivity contribution in [3.8, 4) is 0 Å². The van der Waals surface area contributed by atoms with Gasteiger partial charge in [0.25, 0.3) is 5.91 Å². The number of rotatable bonds is 5. The quantitative estimate of drug-likeness (QED) is 0.873. The molecule has 0 atom stereocenters. The first-order valence-electron chi connectivity index (χ1n) is 7.96. The summed E-state index contributed by atoms with van der Waals surface area (Å²) in [6.07, 6.45) is 0. The van der Waals surface area contributed by atoms with Crippen molar-refractivity contribution >= 4 is 23.2 Å². The molecule has 0 radical (unpaired) electrons. The van der Waals surface area contributed by atoms with Gasteiger partial charge in [0.2, 0.25) is 5.91 Å². The molecule has 0 aliphatic heterocycles. The number of amides is 2. The summed E-state index contributed by atoms with van der Waals surface area (Å²) >= 11 is 1.61. The summed E-state index contributed by atoms with van der Waals surface area (Å²) in [5.41, 5.74) is 2.95. The molecule has 2 rings (SSSR count). The highest BCUT2D eigenvalue weighted by Crippen LogP contribution is 2.22. The van der Waals surface area contributed by atoms with Crippen molar-refractivity contribution in [1.82, 2.24) is 10.6 Å². The fraction of sp³-hybridized carbons (Fsp3) is 0.368. The van der Waals surface area contributed by atoms with Crippen molar-refractivity contribution in [2.24, 2.45) is 0 Å². The summed E-state index contributed by atoms with van der Waals surface area (Å²) in [7, 11) is 0. The van der Waals surface area contributed by atoms with E-state index in [-0.39, 0.29) is 23.8 Å². The Morgan fingerprint density at radius 1 is 1.04 bits per heavy atom. The maximum absolute atomic E-state index is 12.1. The first-order valence-corrected chi connectivity index (χ1v) is 8.84.